The van der Waals surface area contributed by atoms with Crippen LogP contribution in [0.4, 0.5) is 20.3 Å². The molecule has 0 aliphatic carbocycles. The number of rotatable bonds is 8. The lowest BCUT2D eigenvalue weighted by atomic mass is 9.75. The van der Waals surface area contributed by atoms with Gasteiger partial charge in [0, 0.05) is 24.1 Å². The zero-order valence-electron chi connectivity index (χ0n) is 15.2. The number of carbonyl (C=O) groups is 1. The van der Waals surface area contributed by atoms with E-state index in [1.807, 2.05) is 13.8 Å². The second kappa shape index (κ2) is 8.69. The summed E-state index contributed by atoms with van der Waals surface area (Å²) in [7, 11) is 1.36. The standard InChI is InChI=1S/C19H23F2N3O2/c1-4-19(5-2,9-8-18(25)26-3)16-11-22-12-17(24-16)23-15-7-6-13(20)10-14(15)21/h6-7,10-12H,4-5,8-9H2,1-3H3,(H,23,24). The van der Waals surface area contributed by atoms with E-state index < -0.39 is 11.6 Å². The third-order valence-corrected chi connectivity index (χ3v) is 4.76. The lowest BCUT2D eigenvalue weighted by Gasteiger charge is -2.30. The number of hydrogen-bond donors (Lipinski definition) is 1. The first-order valence-electron chi connectivity index (χ1n) is 8.55. The minimum atomic E-state index is -0.708. The van der Waals surface area contributed by atoms with E-state index in [2.05, 4.69) is 15.3 Å². The zero-order valence-corrected chi connectivity index (χ0v) is 15.2. The number of halogens is 2. The number of carbonyl (C=O) groups excluding carboxylic acids is 1. The lowest BCUT2D eigenvalue weighted by Crippen LogP contribution is -2.27. The molecule has 5 nitrogen and oxygen atoms in total. The molecule has 7 heteroatoms. The highest BCUT2D eigenvalue weighted by molar-refractivity contribution is 5.69. The van der Waals surface area contributed by atoms with Crippen molar-refractivity contribution in [2.24, 2.45) is 0 Å². The maximum atomic E-state index is 13.8. The van der Waals surface area contributed by atoms with Gasteiger partial charge in [-0.15, -0.1) is 0 Å². The van der Waals surface area contributed by atoms with E-state index in [0.717, 1.165) is 24.6 Å². The van der Waals surface area contributed by atoms with Crippen molar-refractivity contribution in [3.8, 4) is 0 Å². The Balaban J connectivity index is 2.28. The predicted molar refractivity (Wildman–Crippen MR) is 95.2 cm³/mol. The monoisotopic (exact) mass is 363 g/mol. The molecule has 0 aliphatic heterocycles. The number of anilines is 2. The number of nitrogens with zero attached hydrogens (tertiary/aromatic N) is 2. The number of nitrogens with one attached hydrogen (secondary N) is 1. The molecule has 0 unspecified atom stereocenters. The molecule has 0 fully saturated rings. The molecule has 26 heavy (non-hydrogen) atoms. The van der Waals surface area contributed by atoms with Gasteiger partial charge in [-0.2, -0.15) is 0 Å². The lowest BCUT2D eigenvalue weighted by molar-refractivity contribution is -0.141. The van der Waals surface area contributed by atoms with Crippen molar-refractivity contribution in [1.29, 1.82) is 0 Å². The fraction of sp³-hybridized carbons (Fsp3) is 0.421. The van der Waals surface area contributed by atoms with Gasteiger partial charge in [0.1, 0.15) is 17.5 Å². The van der Waals surface area contributed by atoms with Crippen LogP contribution < -0.4 is 5.32 Å². The van der Waals surface area contributed by atoms with Crippen LogP contribution in [0.1, 0.15) is 45.2 Å². The number of methoxy groups -OCH3 is 1. The van der Waals surface area contributed by atoms with Gasteiger partial charge in [0.15, 0.2) is 0 Å². The third kappa shape index (κ3) is 4.53. The molecular weight excluding hydrogens is 340 g/mol. The van der Waals surface area contributed by atoms with Crippen LogP contribution >= 0.6 is 0 Å². The Morgan fingerprint density at radius 2 is 1.96 bits per heavy atom. The molecule has 1 aromatic heterocycles. The first-order chi connectivity index (χ1) is 12.4. The van der Waals surface area contributed by atoms with Crippen LogP contribution in [0.2, 0.25) is 0 Å². The summed E-state index contributed by atoms with van der Waals surface area (Å²) in [6.45, 7) is 4.06. The Morgan fingerprint density at radius 3 is 2.58 bits per heavy atom. The molecule has 0 aliphatic rings. The molecule has 0 amide bonds. The molecule has 0 bridgehead atoms. The molecule has 1 heterocycles. The molecule has 0 radical (unpaired) electrons. The molecule has 0 saturated carbocycles. The number of ether oxygens (including phenoxy) is 1. The Kier molecular flexibility index (Phi) is 6.60. The van der Waals surface area contributed by atoms with Crippen molar-refractivity contribution in [1.82, 2.24) is 9.97 Å². The summed E-state index contributed by atoms with van der Waals surface area (Å²) in [5.41, 5.74) is 0.505. The van der Waals surface area contributed by atoms with Crippen molar-refractivity contribution in [2.45, 2.75) is 44.9 Å². The van der Waals surface area contributed by atoms with Crippen LogP contribution in [0.25, 0.3) is 0 Å². The van der Waals surface area contributed by atoms with Crippen LogP contribution in [0.5, 0.6) is 0 Å². The Morgan fingerprint density at radius 1 is 1.23 bits per heavy atom. The van der Waals surface area contributed by atoms with Gasteiger partial charge in [0.25, 0.3) is 0 Å². The van der Waals surface area contributed by atoms with Gasteiger partial charge in [0.2, 0.25) is 0 Å². The van der Waals surface area contributed by atoms with Gasteiger partial charge in [-0.05, 0) is 31.4 Å². The highest BCUT2D eigenvalue weighted by Crippen LogP contribution is 2.35. The molecule has 1 aromatic carbocycles. The van der Waals surface area contributed by atoms with Gasteiger partial charge in [-0.25, -0.2) is 13.8 Å². The molecule has 0 saturated heterocycles. The average molecular weight is 363 g/mol. The van der Waals surface area contributed by atoms with E-state index in [4.69, 9.17) is 4.74 Å². The fourth-order valence-corrected chi connectivity index (χ4v) is 2.95. The molecule has 2 aromatic rings. The SMILES string of the molecule is CCC(CC)(CCC(=O)OC)c1cncc(Nc2ccc(F)cc2F)n1. The third-order valence-electron chi connectivity index (χ3n) is 4.76. The topological polar surface area (TPSA) is 64.1 Å². The van der Waals surface area contributed by atoms with Gasteiger partial charge in [-0.3, -0.25) is 9.78 Å². The van der Waals surface area contributed by atoms with Crippen LogP contribution in [0, 0.1) is 11.6 Å². The van der Waals surface area contributed by atoms with Crippen molar-refractivity contribution < 1.29 is 18.3 Å². The highest BCUT2D eigenvalue weighted by Gasteiger charge is 2.31. The first kappa shape index (κ1) is 19.8. The van der Waals surface area contributed by atoms with E-state index in [0.29, 0.717) is 12.2 Å². The molecule has 1 N–H and O–H groups in total. The Labute approximate surface area is 151 Å². The quantitative estimate of drug-likeness (QED) is 0.699. The summed E-state index contributed by atoms with van der Waals surface area (Å²) in [6.07, 6.45) is 5.53. The van der Waals surface area contributed by atoms with Crippen LogP contribution in [-0.2, 0) is 14.9 Å². The largest absolute Gasteiger partial charge is 0.469 e. The molecule has 0 atom stereocenters. The summed E-state index contributed by atoms with van der Waals surface area (Å²) in [6, 6.07) is 3.28. The van der Waals surface area contributed by atoms with Gasteiger partial charge < -0.3 is 10.1 Å². The van der Waals surface area contributed by atoms with Crippen LogP contribution in [0.15, 0.2) is 30.6 Å². The first-order valence-corrected chi connectivity index (χ1v) is 8.55. The van der Waals surface area contributed by atoms with Gasteiger partial charge in [-0.1, -0.05) is 13.8 Å². The maximum absolute atomic E-state index is 13.8. The van der Waals surface area contributed by atoms with Crippen molar-refractivity contribution >= 4 is 17.5 Å². The summed E-state index contributed by atoms with van der Waals surface area (Å²) in [4.78, 5) is 20.3. The molecular formula is C19H23F2N3O2. The van der Waals surface area contributed by atoms with Crippen LogP contribution in [-0.4, -0.2) is 23.0 Å². The van der Waals surface area contributed by atoms with E-state index in [9.17, 15) is 13.6 Å². The maximum Gasteiger partial charge on any atom is 0.305 e. The molecule has 0 spiro atoms. The minimum Gasteiger partial charge on any atom is -0.469 e. The summed E-state index contributed by atoms with van der Waals surface area (Å²) in [5.74, 6) is -1.27. The van der Waals surface area contributed by atoms with E-state index in [1.165, 1.54) is 25.4 Å². The van der Waals surface area contributed by atoms with Crippen molar-refractivity contribution in [2.75, 3.05) is 12.4 Å². The number of hydrogen-bond acceptors (Lipinski definition) is 5. The predicted octanol–water partition coefficient (Wildman–Crippen LogP) is 4.51. The van der Waals surface area contributed by atoms with Gasteiger partial charge in [0.05, 0.1) is 24.7 Å². The normalized spacial score (nSPS) is 11.3. The van der Waals surface area contributed by atoms with Crippen LogP contribution in [0.3, 0.4) is 0 Å². The summed E-state index contributed by atoms with van der Waals surface area (Å²) >= 11 is 0. The average Bonchev–Trinajstić information content (AvgIpc) is 2.65. The number of esters is 1. The summed E-state index contributed by atoms with van der Waals surface area (Å²) < 4.78 is 31.6. The second-order valence-corrected chi connectivity index (χ2v) is 6.10. The van der Waals surface area contributed by atoms with Crippen molar-refractivity contribution in [3.05, 3.63) is 47.9 Å². The Bertz CT molecular complexity index is 764. The van der Waals surface area contributed by atoms with E-state index in [1.54, 1.807) is 6.20 Å². The Hall–Kier alpha value is -2.57. The smallest absolute Gasteiger partial charge is 0.305 e. The van der Waals surface area contributed by atoms with E-state index >= 15 is 0 Å². The second-order valence-electron chi connectivity index (χ2n) is 6.10. The molecule has 2 rings (SSSR count). The highest BCUT2D eigenvalue weighted by atomic mass is 19.1. The minimum absolute atomic E-state index is 0.117. The summed E-state index contributed by atoms with van der Waals surface area (Å²) in [5, 5.41) is 2.83. The van der Waals surface area contributed by atoms with Gasteiger partial charge >= 0.3 is 5.97 Å². The van der Waals surface area contributed by atoms with E-state index in [-0.39, 0.29) is 23.5 Å². The molecule has 140 valence electrons. The van der Waals surface area contributed by atoms with Crippen molar-refractivity contribution in [3.63, 3.8) is 0 Å². The number of benzene rings is 1. The zero-order chi connectivity index (χ0) is 19.2. The number of aromatic nitrogens is 2. The fourth-order valence-electron chi connectivity index (χ4n) is 2.95.